The van der Waals surface area contributed by atoms with E-state index in [1.807, 2.05) is 0 Å². The molecule has 1 heterocycles. The van der Waals surface area contributed by atoms with Crippen LogP contribution in [0.2, 0.25) is 0 Å². The molecule has 0 amide bonds. The van der Waals surface area contributed by atoms with Gasteiger partial charge in [0.1, 0.15) is 11.6 Å². The van der Waals surface area contributed by atoms with Crippen LogP contribution >= 0.6 is 0 Å². The summed E-state index contributed by atoms with van der Waals surface area (Å²) in [7, 11) is 0. The number of aromatic hydroxyl groups is 1. The summed E-state index contributed by atoms with van der Waals surface area (Å²) in [6.07, 6.45) is 0. The molecule has 1 aromatic heterocycles. The molecule has 0 saturated carbocycles. The van der Waals surface area contributed by atoms with Gasteiger partial charge in [0.15, 0.2) is 0 Å². The molecule has 0 unspecified atom stereocenters. The van der Waals surface area contributed by atoms with Crippen LogP contribution < -0.4 is 0 Å². The summed E-state index contributed by atoms with van der Waals surface area (Å²) >= 11 is 0. The molecule has 0 spiro atoms. The van der Waals surface area contributed by atoms with Crippen LogP contribution in [0.4, 0.5) is 4.39 Å². The normalized spacial score (nSPS) is 10.6. The molecule has 0 radical (unpaired) electrons. The Labute approximate surface area is 108 Å². The van der Waals surface area contributed by atoms with E-state index in [-0.39, 0.29) is 17.5 Å². The molecule has 3 rings (SSSR count). The first-order valence-corrected chi connectivity index (χ1v) is 5.61. The highest BCUT2D eigenvalue weighted by Gasteiger charge is 2.11. The molecule has 5 heteroatoms. The van der Waals surface area contributed by atoms with E-state index in [1.165, 1.54) is 18.2 Å². The minimum atomic E-state index is -0.366. The highest BCUT2D eigenvalue weighted by atomic mass is 19.1. The monoisotopic (exact) mass is 256 g/mol. The lowest BCUT2D eigenvalue weighted by atomic mass is 10.2. The lowest BCUT2D eigenvalue weighted by molar-refractivity contribution is 0.432. The summed E-state index contributed by atoms with van der Waals surface area (Å²) < 4.78 is 18.2. The molecule has 0 aliphatic rings. The van der Waals surface area contributed by atoms with Crippen molar-refractivity contribution in [2.45, 2.75) is 0 Å². The lowest BCUT2D eigenvalue weighted by Gasteiger charge is -1.95. The summed E-state index contributed by atoms with van der Waals surface area (Å²) in [6.45, 7) is 0. The number of nitrogens with zero attached hydrogens (tertiary/aromatic N) is 2. The van der Waals surface area contributed by atoms with Gasteiger partial charge in [0.05, 0.1) is 0 Å². The average molecular weight is 256 g/mol. The highest BCUT2D eigenvalue weighted by Crippen LogP contribution is 2.24. The number of phenols is 1. The van der Waals surface area contributed by atoms with Crippen molar-refractivity contribution in [3.63, 3.8) is 0 Å². The predicted molar refractivity (Wildman–Crippen MR) is 66.8 cm³/mol. The molecule has 0 saturated heterocycles. The van der Waals surface area contributed by atoms with Crippen molar-refractivity contribution < 1.29 is 14.0 Å². The maximum atomic E-state index is 13.1. The minimum Gasteiger partial charge on any atom is -0.508 e. The van der Waals surface area contributed by atoms with Crippen molar-refractivity contribution in [1.29, 1.82) is 0 Å². The highest BCUT2D eigenvalue weighted by molar-refractivity contribution is 5.60. The van der Waals surface area contributed by atoms with Crippen molar-refractivity contribution in [3.05, 3.63) is 54.3 Å². The van der Waals surface area contributed by atoms with Crippen molar-refractivity contribution in [1.82, 2.24) is 10.1 Å². The number of hydrogen-bond acceptors (Lipinski definition) is 4. The second-order valence-corrected chi connectivity index (χ2v) is 3.98. The molecule has 3 aromatic rings. The van der Waals surface area contributed by atoms with E-state index in [9.17, 15) is 9.50 Å². The second kappa shape index (κ2) is 4.53. The molecule has 0 bridgehead atoms. The van der Waals surface area contributed by atoms with E-state index in [0.717, 1.165) is 0 Å². The fraction of sp³-hybridized carbons (Fsp3) is 0. The van der Waals surface area contributed by atoms with Crippen LogP contribution in [0.5, 0.6) is 5.75 Å². The van der Waals surface area contributed by atoms with Gasteiger partial charge in [0, 0.05) is 11.1 Å². The number of halogens is 1. The molecule has 1 N–H and O–H groups in total. The fourth-order valence-electron chi connectivity index (χ4n) is 1.72. The first-order chi connectivity index (χ1) is 9.22. The second-order valence-electron chi connectivity index (χ2n) is 3.98. The maximum absolute atomic E-state index is 13.1. The van der Waals surface area contributed by atoms with E-state index in [1.54, 1.807) is 30.3 Å². The van der Waals surface area contributed by atoms with Gasteiger partial charge in [-0.3, -0.25) is 0 Å². The Morgan fingerprint density at radius 3 is 2.58 bits per heavy atom. The van der Waals surface area contributed by atoms with Crippen LogP contribution in [0.3, 0.4) is 0 Å². The Morgan fingerprint density at radius 1 is 1.00 bits per heavy atom. The zero-order valence-corrected chi connectivity index (χ0v) is 9.75. The van der Waals surface area contributed by atoms with Gasteiger partial charge in [0.2, 0.25) is 5.82 Å². The van der Waals surface area contributed by atoms with Crippen molar-refractivity contribution in [2.75, 3.05) is 0 Å². The Morgan fingerprint density at radius 2 is 1.79 bits per heavy atom. The number of hydrogen-bond donors (Lipinski definition) is 1. The number of phenolic OH excluding ortho intramolecular Hbond substituents is 1. The van der Waals surface area contributed by atoms with Crippen LogP contribution in [0.1, 0.15) is 0 Å². The van der Waals surface area contributed by atoms with Crippen LogP contribution in [-0.4, -0.2) is 15.2 Å². The third-order valence-electron chi connectivity index (χ3n) is 2.60. The standard InChI is InChI=1S/C14H9FN2O2/c15-11-5-1-4-10(7-11)14-16-13(17-19-14)9-3-2-6-12(18)8-9/h1-8,18H. The van der Waals surface area contributed by atoms with Gasteiger partial charge in [-0.2, -0.15) is 4.98 Å². The predicted octanol–water partition coefficient (Wildman–Crippen LogP) is 3.25. The first-order valence-electron chi connectivity index (χ1n) is 5.61. The third kappa shape index (κ3) is 2.30. The number of rotatable bonds is 2. The molecule has 0 aliphatic heterocycles. The summed E-state index contributed by atoms with van der Waals surface area (Å²) in [4.78, 5) is 4.18. The van der Waals surface area contributed by atoms with Gasteiger partial charge in [0.25, 0.3) is 5.89 Å². The molecule has 0 atom stereocenters. The van der Waals surface area contributed by atoms with Gasteiger partial charge >= 0.3 is 0 Å². The molecule has 4 nitrogen and oxygen atoms in total. The zero-order valence-electron chi connectivity index (χ0n) is 9.75. The van der Waals surface area contributed by atoms with E-state index in [4.69, 9.17) is 4.52 Å². The van der Waals surface area contributed by atoms with Gasteiger partial charge in [-0.25, -0.2) is 4.39 Å². The molecule has 0 aliphatic carbocycles. The molecule has 19 heavy (non-hydrogen) atoms. The minimum absolute atomic E-state index is 0.120. The average Bonchev–Trinajstić information content (AvgIpc) is 2.88. The summed E-state index contributed by atoms with van der Waals surface area (Å²) in [6, 6.07) is 12.4. The molecule has 2 aromatic carbocycles. The Hall–Kier alpha value is -2.69. The van der Waals surface area contributed by atoms with Crippen molar-refractivity contribution in [2.24, 2.45) is 0 Å². The molecule has 0 fully saturated rings. The Balaban J connectivity index is 2.00. The van der Waals surface area contributed by atoms with Crippen LogP contribution in [0.25, 0.3) is 22.8 Å². The fourth-order valence-corrected chi connectivity index (χ4v) is 1.72. The van der Waals surface area contributed by atoms with Crippen LogP contribution in [-0.2, 0) is 0 Å². The number of aromatic nitrogens is 2. The van der Waals surface area contributed by atoms with Crippen LogP contribution in [0.15, 0.2) is 53.1 Å². The van der Waals surface area contributed by atoms with E-state index >= 15 is 0 Å². The SMILES string of the molecule is Oc1cccc(-c2noc(-c3cccc(F)c3)n2)c1. The molecular formula is C14H9FN2O2. The summed E-state index contributed by atoms with van der Waals surface area (Å²) in [5.41, 5.74) is 1.14. The summed E-state index contributed by atoms with van der Waals surface area (Å²) in [5.74, 6) is 0.331. The van der Waals surface area contributed by atoms with E-state index < -0.39 is 0 Å². The molecule has 94 valence electrons. The first kappa shape index (κ1) is 11.4. The summed E-state index contributed by atoms with van der Waals surface area (Å²) in [5, 5.41) is 13.2. The van der Waals surface area contributed by atoms with Crippen molar-refractivity contribution in [3.8, 4) is 28.6 Å². The van der Waals surface area contributed by atoms with Gasteiger partial charge < -0.3 is 9.63 Å². The zero-order chi connectivity index (χ0) is 13.2. The van der Waals surface area contributed by atoms with E-state index in [0.29, 0.717) is 17.0 Å². The maximum Gasteiger partial charge on any atom is 0.258 e. The smallest absolute Gasteiger partial charge is 0.258 e. The largest absolute Gasteiger partial charge is 0.508 e. The quantitative estimate of drug-likeness (QED) is 0.764. The van der Waals surface area contributed by atoms with Gasteiger partial charge in [-0.05, 0) is 30.3 Å². The topological polar surface area (TPSA) is 59.2 Å². The van der Waals surface area contributed by atoms with E-state index in [2.05, 4.69) is 10.1 Å². The van der Waals surface area contributed by atoms with Gasteiger partial charge in [-0.15, -0.1) is 0 Å². The molecular weight excluding hydrogens is 247 g/mol. The van der Waals surface area contributed by atoms with Gasteiger partial charge in [-0.1, -0.05) is 23.4 Å². The van der Waals surface area contributed by atoms with Crippen molar-refractivity contribution >= 4 is 0 Å². The Bertz CT molecular complexity index is 665. The number of benzene rings is 2. The lowest BCUT2D eigenvalue weighted by Crippen LogP contribution is -1.82. The third-order valence-corrected chi connectivity index (χ3v) is 2.60. The Kier molecular flexibility index (Phi) is 2.72. The van der Waals surface area contributed by atoms with Crippen LogP contribution in [0, 0.1) is 5.82 Å².